The van der Waals surface area contributed by atoms with Crippen LogP contribution in [-0.2, 0) is 24.3 Å². The van der Waals surface area contributed by atoms with Gasteiger partial charge in [-0.3, -0.25) is 4.31 Å². The third kappa shape index (κ3) is 4.13. The number of carboxylic acid groups (broad SMARTS) is 1. The average Bonchev–Trinajstić information content (AvgIpc) is 3.06. The lowest BCUT2D eigenvalue weighted by Gasteiger charge is -2.36. The molecule has 1 saturated heterocycles. The molecule has 2 aliphatic rings. The molecule has 12 heteroatoms. The molecule has 1 aromatic rings. The fourth-order valence-corrected chi connectivity index (χ4v) is 6.23. The van der Waals surface area contributed by atoms with Crippen molar-refractivity contribution in [1.29, 1.82) is 0 Å². The molecule has 1 spiro atoms. The Morgan fingerprint density at radius 3 is 2.56 bits per heavy atom. The lowest BCUT2D eigenvalue weighted by Crippen LogP contribution is -2.47. The number of anilines is 1. The average molecular weight is 494 g/mol. The van der Waals surface area contributed by atoms with Crippen LogP contribution in [0, 0.1) is 5.82 Å². The third-order valence-corrected chi connectivity index (χ3v) is 8.52. The fraction of sp³-hybridized carbons (Fsp3) is 0.550. The number of halogens is 2. The van der Waals surface area contributed by atoms with Crippen molar-refractivity contribution in [1.82, 2.24) is 0 Å². The number of benzene rings is 1. The van der Waals surface area contributed by atoms with Gasteiger partial charge in [0.15, 0.2) is 5.79 Å². The van der Waals surface area contributed by atoms with Gasteiger partial charge in [-0.25, -0.2) is 17.6 Å². The van der Waals surface area contributed by atoms with Crippen LogP contribution in [0.25, 0.3) is 0 Å². The summed E-state index contributed by atoms with van der Waals surface area (Å²) in [6.07, 6.45) is 0.249. The van der Waals surface area contributed by atoms with E-state index in [0.717, 1.165) is 22.5 Å². The van der Waals surface area contributed by atoms with Crippen molar-refractivity contribution in [3.05, 3.63) is 40.7 Å². The molecule has 32 heavy (non-hydrogen) atoms. The van der Waals surface area contributed by atoms with Crippen LogP contribution in [0.3, 0.4) is 0 Å². The summed E-state index contributed by atoms with van der Waals surface area (Å²) >= 11 is 6.00. The molecule has 0 bridgehead atoms. The highest BCUT2D eigenvalue weighted by Crippen LogP contribution is 2.46. The quantitative estimate of drug-likeness (QED) is 0.522. The number of hydrogen-bond donors (Lipinski definition) is 3. The van der Waals surface area contributed by atoms with Crippen LogP contribution in [0.4, 0.5) is 10.1 Å². The van der Waals surface area contributed by atoms with E-state index in [1.807, 2.05) is 0 Å². The summed E-state index contributed by atoms with van der Waals surface area (Å²) in [5.41, 5.74) is -1.72. The van der Waals surface area contributed by atoms with Gasteiger partial charge < -0.3 is 24.8 Å². The van der Waals surface area contributed by atoms with Gasteiger partial charge in [-0.2, -0.15) is 0 Å². The van der Waals surface area contributed by atoms with Crippen molar-refractivity contribution >= 4 is 33.3 Å². The molecule has 0 saturated carbocycles. The van der Waals surface area contributed by atoms with E-state index in [-0.39, 0.29) is 30.0 Å². The van der Waals surface area contributed by atoms with Gasteiger partial charge in [-0.15, -0.1) is 0 Å². The van der Waals surface area contributed by atoms with E-state index in [4.69, 9.17) is 21.1 Å². The van der Waals surface area contributed by atoms with E-state index in [1.165, 1.54) is 13.1 Å². The Morgan fingerprint density at radius 2 is 2.06 bits per heavy atom. The molecule has 1 fully saturated rings. The summed E-state index contributed by atoms with van der Waals surface area (Å²) in [6, 6.07) is 3.20. The first-order valence-corrected chi connectivity index (χ1v) is 11.8. The monoisotopic (exact) mass is 493 g/mol. The Kier molecular flexibility index (Phi) is 6.90. The molecule has 3 N–H and O–H groups in total. The summed E-state index contributed by atoms with van der Waals surface area (Å²) in [5, 5.41) is 27.7. The van der Waals surface area contributed by atoms with Gasteiger partial charge in [0.05, 0.1) is 29.5 Å². The van der Waals surface area contributed by atoms with E-state index in [9.17, 15) is 32.9 Å². The minimum atomic E-state index is -4.28. The van der Waals surface area contributed by atoms with E-state index < -0.39 is 63.3 Å². The minimum absolute atomic E-state index is 0.00270. The number of nitrogens with zero attached hydrogens (tertiary/aromatic N) is 1. The molecule has 1 aromatic carbocycles. The Labute approximate surface area is 190 Å². The van der Waals surface area contributed by atoms with E-state index >= 15 is 0 Å². The zero-order chi connectivity index (χ0) is 23.9. The molecule has 9 nitrogen and oxygen atoms in total. The SMILES string of the molecule is CC[C@]1(CO)OC2(C=C(C(=O)O)C(S(=O)(=O)N(C)c3ccc(F)cc3Cl)CC2)O[C@@H]1CO. The maximum atomic E-state index is 13.4. The first-order chi connectivity index (χ1) is 14.9. The molecule has 1 heterocycles. The van der Waals surface area contributed by atoms with Crippen molar-refractivity contribution in [3.63, 3.8) is 0 Å². The second-order valence-corrected chi connectivity index (χ2v) is 10.4. The Balaban J connectivity index is 2.00. The lowest BCUT2D eigenvalue weighted by atomic mass is 9.93. The van der Waals surface area contributed by atoms with Crippen LogP contribution in [-0.4, -0.2) is 72.7 Å². The smallest absolute Gasteiger partial charge is 0.332 e. The molecular weight excluding hydrogens is 469 g/mol. The first kappa shape index (κ1) is 24.9. The lowest BCUT2D eigenvalue weighted by molar-refractivity contribution is -0.171. The molecule has 0 aromatic heterocycles. The van der Waals surface area contributed by atoms with Crippen molar-refractivity contribution < 1.29 is 42.4 Å². The van der Waals surface area contributed by atoms with E-state index in [1.54, 1.807) is 6.92 Å². The zero-order valence-corrected chi connectivity index (χ0v) is 19.1. The van der Waals surface area contributed by atoms with Crippen molar-refractivity contribution in [2.45, 2.75) is 48.9 Å². The maximum Gasteiger partial charge on any atom is 0.332 e. The molecule has 178 valence electrons. The first-order valence-electron chi connectivity index (χ1n) is 9.94. The standard InChI is InChI=1S/C20H25ClFNO8S/c1-3-19(11-25)17(10-24)30-20(31-19)7-6-16(13(9-20)18(26)27)32(28,29)23(2)15-5-4-12(22)8-14(15)21/h4-5,8-9,16-17,24-25H,3,6-7,10-11H2,1-2H3,(H,26,27)/t16?,17-,19-,20?/m1/s1. The Morgan fingerprint density at radius 1 is 1.38 bits per heavy atom. The third-order valence-electron chi connectivity index (χ3n) is 6.05. The predicted molar refractivity (Wildman–Crippen MR) is 113 cm³/mol. The number of rotatable bonds is 7. The van der Waals surface area contributed by atoms with Gasteiger partial charge in [0, 0.05) is 13.5 Å². The largest absolute Gasteiger partial charge is 0.478 e. The van der Waals surface area contributed by atoms with Crippen LogP contribution in [0.2, 0.25) is 5.02 Å². The van der Waals surface area contributed by atoms with Crippen LogP contribution in [0.5, 0.6) is 0 Å². The number of carboxylic acids is 1. The minimum Gasteiger partial charge on any atom is -0.478 e. The highest BCUT2D eigenvalue weighted by atomic mass is 35.5. The summed E-state index contributed by atoms with van der Waals surface area (Å²) in [4.78, 5) is 12.0. The highest BCUT2D eigenvalue weighted by Gasteiger charge is 2.57. The predicted octanol–water partition coefficient (Wildman–Crippen LogP) is 1.66. The molecule has 1 aliphatic carbocycles. The normalized spacial score (nSPS) is 30.4. The summed E-state index contributed by atoms with van der Waals surface area (Å²) in [5.74, 6) is -3.73. The van der Waals surface area contributed by atoms with Crippen molar-refractivity contribution in [3.8, 4) is 0 Å². The number of hydrogen-bond acceptors (Lipinski definition) is 7. The number of aliphatic hydroxyl groups excluding tert-OH is 2. The number of sulfonamides is 1. The van der Waals surface area contributed by atoms with Gasteiger partial charge in [-0.1, -0.05) is 18.5 Å². The molecule has 1 aliphatic heterocycles. The molecular formula is C20H25ClFNO8S. The van der Waals surface area contributed by atoms with Gasteiger partial charge in [-0.05, 0) is 37.1 Å². The Hall–Kier alpha value is -1.76. The topological polar surface area (TPSA) is 134 Å². The maximum absolute atomic E-state index is 13.4. The summed E-state index contributed by atoms with van der Waals surface area (Å²) in [6.45, 7) is 0.779. The molecule has 2 unspecified atom stereocenters. The molecule has 4 atom stereocenters. The van der Waals surface area contributed by atoms with Crippen LogP contribution < -0.4 is 4.31 Å². The van der Waals surface area contributed by atoms with Gasteiger partial charge in [0.25, 0.3) is 0 Å². The fourth-order valence-electron chi connectivity index (χ4n) is 4.17. The Bertz CT molecular complexity index is 1030. The van der Waals surface area contributed by atoms with Crippen molar-refractivity contribution in [2.75, 3.05) is 24.6 Å². The molecule has 0 radical (unpaired) electrons. The second-order valence-electron chi connectivity index (χ2n) is 7.82. The van der Waals surface area contributed by atoms with Gasteiger partial charge in [0.1, 0.15) is 22.8 Å². The number of carbonyl (C=O) groups is 1. The van der Waals surface area contributed by atoms with Crippen LogP contribution >= 0.6 is 11.6 Å². The summed E-state index contributed by atoms with van der Waals surface area (Å²) in [7, 11) is -3.08. The highest BCUT2D eigenvalue weighted by molar-refractivity contribution is 7.93. The number of aliphatic hydroxyl groups is 2. The van der Waals surface area contributed by atoms with Gasteiger partial charge >= 0.3 is 5.97 Å². The zero-order valence-electron chi connectivity index (χ0n) is 17.5. The number of aliphatic carboxylic acids is 1. The van der Waals surface area contributed by atoms with Gasteiger partial charge in [0.2, 0.25) is 10.0 Å². The molecule has 0 amide bonds. The van der Waals surface area contributed by atoms with Crippen LogP contribution in [0.1, 0.15) is 26.2 Å². The van der Waals surface area contributed by atoms with E-state index in [2.05, 4.69) is 0 Å². The van der Waals surface area contributed by atoms with Crippen molar-refractivity contribution in [2.24, 2.45) is 0 Å². The van der Waals surface area contributed by atoms with E-state index in [0.29, 0.717) is 0 Å². The summed E-state index contributed by atoms with van der Waals surface area (Å²) < 4.78 is 52.6. The second kappa shape index (κ2) is 8.88. The van der Waals surface area contributed by atoms with Crippen LogP contribution in [0.15, 0.2) is 29.8 Å². The molecule has 3 rings (SSSR count). The number of ether oxygens (including phenoxy) is 2.